The second-order valence-electron chi connectivity index (χ2n) is 6.18. The third-order valence-corrected chi connectivity index (χ3v) is 4.48. The van der Waals surface area contributed by atoms with Crippen LogP contribution in [0.5, 0.6) is 5.75 Å². The predicted octanol–water partition coefficient (Wildman–Crippen LogP) is 3.19. The molecule has 2 atom stereocenters. The van der Waals surface area contributed by atoms with Gasteiger partial charge in [-0.2, -0.15) is 0 Å². The van der Waals surface area contributed by atoms with Crippen molar-refractivity contribution in [3.63, 3.8) is 0 Å². The number of alkyl halides is 3. The van der Waals surface area contributed by atoms with Gasteiger partial charge in [0.15, 0.2) is 0 Å². The molecule has 2 heterocycles. The Kier molecular flexibility index (Phi) is 5.24. The topological polar surface area (TPSA) is 45.6 Å². The van der Waals surface area contributed by atoms with Crippen LogP contribution in [0.2, 0.25) is 0 Å². The highest BCUT2D eigenvalue weighted by atomic mass is 19.4. The molecule has 3 rings (SSSR count). The fraction of sp³-hybridized carbons (Fsp3) is 0.389. The quantitative estimate of drug-likeness (QED) is 0.898. The fourth-order valence-corrected chi connectivity index (χ4v) is 3.36. The molecule has 1 saturated heterocycles. The normalized spacial score (nSPS) is 21.4. The summed E-state index contributed by atoms with van der Waals surface area (Å²) >= 11 is 0. The van der Waals surface area contributed by atoms with E-state index in [0.29, 0.717) is 25.2 Å². The van der Waals surface area contributed by atoms with Gasteiger partial charge >= 0.3 is 6.36 Å². The molecule has 0 spiro atoms. The summed E-state index contributed by atoms with van der Waals surface area (Å²) in [7, 11) is 0. The molecule has 0 radical (unpaired) electrons. The summed E-state index contributed by atoms with van der Waals surface area (Å²) in [6.45, 7) is 1.65. The van der Waals surface area contributed by atoms with Gasteiger partial charge in [-0.05, 0) is 23.8 Å². The van der Waals surface area contributed by atoms with Gasteiger partial charge in [0, 0.05) is 56.0 Å². The molecule has 7 heteroatoms. The van der Waals surface area contributed by atoms with Crippen molar-refractivity contribution in [2.75, 3.05) is 19.7 Å². The predicted molar refractivity (Wildman–Crippen MR) is 86.0 cm³/mol. The Bertz CT molecular complexity index is 694. The number of likely N-dealkylation sites (tertiary alicyclic amines) is 1. The van der Waals surface area contributed by atoms with E-state index in [4.69, 9.17) is 0 Å². The highest BCUT2D eigenvalue weighted by molar-refractivity contribution is 5.33. The van der Waals surface area contributed by atoms with Crippen molar-refractivity contribution in [3.05, 3.63) is 59.9 Å². The number of para-hydroxylation sites is 1. The van der Waals surface area contributed by atoms with E-state index in [1.807, 2.05) is 17.0 Å². The standard InChI is InChI=1S/C18H19F3N2O2/c19-18(20,21)25-17-4-2-1-3-14(17)9-23-10-15(12-24)16(11-23)13-5-7-22-8-6-13/h1-8,15-16,24H,9-12H2/t15-,16-/m0/s1. The average Bonchev–Trinajstić information content (AvgIpc) is 2.99. The Balaban J connectivity index is 1.74. The molecule has 0 amide bonds. The molecule has 1 N–H and O–H groups in total. The number of pyridine rings is 1. The van der Waals surface area contributed by atoms with E-state index in [1.54, 1.807) is 24.5 Å². The molecule has 1 aliphatic heterocycles. The van der Waals surface area contributed by atoms with E-state index in [-0.39, 0.29) is 24.2 Å². The van der Waals surface area contributed by atoms with Crippen LogP contribution in [-0.4, -0.2) is 41.0 Å². The van der Waals surface area contributed by atoms with E-state index in [2.05, 4.69) is 9.72 Å². The van der Waals surface area contributed by atoms with Crippen molar-refractivity contribution in [1.82, 2.24) is 9.88 Å². The van der Waals surface area contributed by atoms with Crippen LogP contribution in [0.15, 0.2) is 48.8 Å². The molecule has 0 saturated carbocycles. The van der Waals surface area contributed by atoms with Gasteiger partial charge in [-0.1, -0.05) is 18.2 Å². The van der Waals surface area contributed by atoms with Gasteiger partial charge in [0.1, 0.15) is 5.75 Å². The monoisotopic (exact) mass is 352 g/mol. The second-order valence-corrected chi connectivity index (χ2v) is 6.18. The fourth-order valence-electron chi connectivity index (χ4n) is 3.36. The number of hydrogen-bond acceptors (Lipinski definition) is 4. The first-order valence-electron chi connectivity index (χ1n) is 8.03. The number of halogens is 3. The minimum absolute atomic E-state index is 0.0319. The van der Waals surface area contributed by atoms with Crippen LogP contribution in [0, 0.1) is 5.92 Å². The minimum atomic E-state index is -4.71. The SMILES string of the molecule is OC[C@@H]1CN(Cc2ccccc2OC(F)(F)F)C[C@H]1c1ccncc1. The lowest BCUT2D eigenvalue weighted by molar-refractivity contribution is -0.275. The number of ether oxygens (including phenoxy) is 1. The maximum Gasteiger partial charge on any atom is 0.573 e. The van der Waals surface area contributed by atoms with Crippen LogP contribution >= 0.6 is 0 Å². The maximum atomic E-state index is 12.6. The van der Waals surface area contributed by atoms with Gasteiger partial charge in [-0.15, -0.1) is 13.2 Å². The van der Waals surface area contributed by atoms with Crippen LogP contribution in [0.4, 0.5) is 13.2 Å². The van der Waals surface area contributed by atoms with E-state index in [0.717, 1.165) is 5.56 Å². The number of nitrogens with zero attached hydrogens (tertiary/aromatic N) is 2. The highest BCUT2D eigenvalue weighted by Crippen LogP contribution is 2.34. The summed E-state index contributed by atoms with van der Waals surface area (Å²) in [5.74, 6) is -0.00953. The third kappa shape index (κ3) is 4.49. The first kappa shape index (κ1) is 17.7. The Morgan fingerprint density at radius 2 is 1.84 bits per heavy atom. The van der Waals surface area contributed by atoms with Crippen molar-refractivity contribution in [2.45, 2.75) is 18.8 Å². The summed E-state index contributed by atoms with van der Waals surface area (Å²) in [6, 6.07) is 10.00. The van der Waals surface area contributed by atoms with Crippen LogP contribution in [-0.2, 0) is 6.54 Å². The number of aromatic nitrogens is 1. The molecule has 0 bridgehead atoms. The van der Waals surface area contributed by atoms with Gasteiger partial charge in [0.2, 0.25) is 0 Å². The lowest BCUT2D eigenvalue weighted by atomic mass is 9.90. The van der Waals surface area contributed by atoms with E-state index in [1.165, 1.54) is 12.1 Å². The third-order valence-electron chi connectivity index (χ3n) is 4.48. The molecule has 1 aromatic carbocycles. The number of rotatable bonds is 5. The van der Waals surface area contributed by atoms with Crippen LogP contribution in [0.25, 0.3) is 0 Å². The molecule has 1 aliphatic rings. The Labute approximate surface area is 143 Å². The Hall–Kier alpha value is -2.12. The molecule has 25 heavy (non-hydrogen) atoms. The Morgan fingerprint density at radius 1 is 1.12 bits per heavy atom. The van der Waals surface area contributed by atoms with Crippen molar-refractivity contribution in [3.8, 4) is 5.75 Å². The van der Waals surface area contributed by atoms with E-state index in [9.17, 15) is 18.3 Å². The number of hydrogen-bond donors (Lipinski definition) is 1. The maximum absolute atomic E-state index is 12.6. The first-order valence-corrected chi connectivity index (χ1v) is 8.03. The van der Waals surface area contributed by atoms with Gasteiger partial charge in [-0.3, -0.25) is 9.88 Å². The van der Waals surface area contributed by atoms with Crippen molar-refractivity contribution < 1.29 is 23.0 Å². The first-order chi connectivity index (χ1) is 12.0. The average molecular weight is 352 g/mol. The zero-order chi connectivity index (χ0) is 17.9. The Morgan fingerprint density at radius 3 is 2.52 bits per heavy atom. The van der Waals surface area contributed by atoms with Gasteiger partial charge in [-0.25, -0.2) is 0 Å². The summed E-state index contributed by atoms with van der Waals surface area (Å²) in [6.07, 6.45) is -1.30. The number of aliphatic hydroxyl groups excluding tert-OH is 1. The largest absolute Gasteiger partial charge is 0.573 e. The number of aliphatic hydroxyl groups is 1. The summed E-state index contributed by atoms with van der Waals surface area (Å²) in [5.41, 5.74) is 1.56. The molecular weight excluding hydrogens is 333 g/mol. The lowest BCUT2D eigenvalue weighted by Crippen LogP contribution is -2.23. The molecule has 1 fully saturated rings. The summed E-state index contributed by atoms with van der Waals surface area (Å²) in [5, 5.41) is 9.67. The minimum Gasteiger partial charge on any atom is -0.405 e. The van der Waals surface area contributed by atoms with Crippen molar-refractivity contribution in [2.24, 2.45) is 5.92 Å². The molecule has 2 aromatic rings. The molecule has 0 aliphatic carbocycles. The second kappa shape index (κ2) is 7.41. The lowest BCUT2D eigenvalue weighted by Gasteiger charge is -2.19. The van der Waals surface area contributed by atoms with Crippen molar-refractivity contribution in [1.29, 1.82) is 0 Å². The molecule has 1 aromatic heterocycles. The van der Waals surface area contributed by atoms with Gasteiger partial charge < -0.3 is 9.84 Å². The van der Waals surface area contributed by atoms with E-state index >= 15 is 0 Å². The van der Waals surface area contributed by atoms with Crippen molar-refractivity contribution >= 4 is 0 Å². The van der Waals surface area contributed by atoms with Crippen LogP contribution in [0.3, 0.4) is 0 Å². The highest BCUT2D eigenvalue weighted by Gasteiger charge is 2.35. The van der Waals surface area contributed by atoms with Crippen LogP contribution < -0.4 is 4.74 Å². The van der Waals surface area contributed by atoms with Gasteiger partial charge in [0.05, 0.1) is 0 Å². The summed E-state index contributed by atoms with van der Waals surface area (Å²) < 4.78 is 41.8. The van der Waals surface area contributed by atoms with E-state index < -0.39 is 6.36 Å². The molecular formula is C18H19F3N2O2. The van der Waals surface area contributed by atoms with Gasteiger partial charge in [0.25, 0.3) is 0 Å². The zero-order valence-corrected chi connectivity index (χ0v) is 13.5. The van der Waals surface area contributed by atoms with Crippen LogP contribution in [0.1, 0.15) is 17.0 Å². The zero-order valence-electron chi connectivity index (χ0n) is 13.5. The summed E-state index contributed by atoms with van der Waals surface area (Å²) in [4.78, 5) is 6.05. The molecule has 0 unspecified atom stereocenters. The smallest absolute Gasteiger partial charge is 0.405 e. The molecule has 134 valence electrons. The number of benzene rings is 1. The molecule has 4 nitrogen and oxygen atoms in total.